The van der Waals surface area contributed by atoms with Crippen LogP contribution in [-0.4, -0.2) is 29.7 Å². The highest BCUT2D eigenvalue weighted by atomic mass is 19.4. The zero-order valence-electron chi connectivity index (χ0n) is 16.7. The Kier molecular flexibility index (Phi) is 6.91. The lowest BCUT2D eigenvalue weighted by molar-refractivity contribution is -0.141. The molecule has 1 N–H and O–H groups in total. The van der Waals surface area contributed by atoms with E-state index in [1.165, 1.54) is 18.1 Å². The van der Waals surface area contributed by atoms with Gasteiger partial charge in [-0.3, -0.25) is 9.78 Å². The van der Waals surface area contributed by atoms with E-state index in [0.717, 1.165) is 12.3 Å². The lowest BCUT2D eigenvalue weighted by Crippen LogP contribution is -2.37. The van der Waals surface area contributed by atoms with Gasteiger partial charge in [0.15, 0.2) is 6.10 Å². The largest absolute Gasteiger partial charge is 0.497 e. The van der Waals surface area contributed by atoms with E-state index in [1.807, 2.05) is 0 Å². The maximum atomic E-state index is 13.1. The van der Waals surface area contributed by atoms with Crippen LogP contribution in [0, 0.1) is 0 Å². The molecule has 0 aliphatic heterocycles. The summed E-state index contributed by atoms with van der Waals surface area (Å²) in [6.07, 6.45) is -4.51. The fraction of sp³-hybridized carbons (Fsp3) is 0.217. The van der Waals surface area contributed by atoms with Crippen molar-refractivity contribution >= 4 is 11.6 Å². The van der Waals surface area contributed by atoms with Gasteiger partial charge >= 0.3 is 6.18 Å². The van der Waals surface area contributed by atoms with Crippen molar-refractivity contribution in [1.29, 1.82) is 0 Å². The summed E-state index contributed by atoms with van der Waals surface area (Å²) < 4.78 is 43.4. The number of halogens is 3. The number of amides is 1. The average molecular weight is 430 g/mol. The van der Waals surface area contributed by atoms with E-state index in [0.29, 0.717) is 22.6 Å². The monoisotopic (exact) mass is 430 g/mol. The molecule has 3 aromatic rings. The fourth-order valence-electron chi connectivity index (χ4n) is 3.05. The van der Waals surface area contributed by atoms with Gasteiger partial charge in [-0.15, -0.1) is 0 Å². The highest BCUT2D eigenvalue weighted by molar-refractivity contribution is 5.97. The van der Waals surface area contributed by atoms with Gasteiger partial charge in [0.1, 0.15) is 11.4 Å². The maximum Gasteiger partial charge on any atom is 0.433 e. The highest BCUT2D eigenvalue weighted by Gasteiger charge is 2.32. The summed E-state index contributed by atoms with van der Waals surface area (Å²) in [7, 11) is 1.50. The minimum absolute atomic E-state index is 0.128. The van der Waals surface area contributed by atoms with E-state index in [2.05, 4.69) is 4.98 Å². The zero-order chi connectivity index (χ0) is 22.4. The Morgan fingerprint density at radius 1 is 1.10 bits per heavy atom. The minimum Gasteiger partial charge on any atom is -0.497 e. The molecule has 0 saturated carbocycles. The van der Waals surface area contributed by atoms with Crippen LogP contribution in [0.15, 0.2) is 72.9 Å². The van der Waals surface area contributed by atoms with Crippen molar-refractivity contribution in [2.45, 2.75) is 18.7 Å². The second-order valence-corrected chi connectivity index (χ2v) is 6.80. The second-order valence-electron chi connectivity index (χ2n) is 6.80. The molecule has 1 atom stereocenters. The summed E-state index contributed by atoms with van der Waals surface area (Å²) >= 11 is 0. The summed E-state index contributed by atoms with van der Waals surface area (Å²) in [4.78, 5) is 18.0. The van der Waals surface area contributed by atoms with Gasteiger partial charge in [0.2, 0.25) is 0 Å². The predicted octanol–water partition coefficient (Wildman–Crippen LogP) is 4.42. The molecule has 0 bridgehead atoms. The smallest absolute Gasteiger partial charge is 0.433 e. The molecule has 1 unspecified atom stereocenters. The number of anilines is 1. The fourth-order valence-corrected chi connectivity index (χ4v) is 3.05. The summed E-state index contributed by atoms with van der Waals surface area (Å²) in [6.45, 7) is 0.128. The molecule has 3 rings (SSSR count). The number of methoxy groups -OCH3 is 1. The molecule has 1 amide bonds. The number of alkyl halides is 3. The van der Waals surface area contributed by atoms with E-state index in [1.54, 1.807) is 54.6 Å². The maximum absolute atomic E-state index is 13.1. The number of aromatic nitrogens is 1. The third-order valence-corrected chi connectivity index (χ3v) is 4.72. The molecular weight excluding hydrogens is 409 g/mol. The Labute approximate surface area is 177 Å². The topological polar surface area (TPSA) is 62.7 Å². The first-order valence-electron chi connectivity index (χ1n) is 9.50. The number of hydrogen-bond donors (Lipinski definition) is 1. The third kappa shape index (κ3) is 5.61. The Morgan fingerprint density at radius 3 is 2.45 bits per heavy atom. The van der Waals surface area contributed by atoms with Gasteiger partial charge in [-0.25, -0.2) is 0 Å². The van der Waals surface area contributed by atoms with E-state index in [9.17, 15) is 23.1 Å². The SMILES string of the molecule is COc1cccc(N(CCc2ccc(C(F)(F)F)nc2)C(=O)C(O)c2ccccc2)c1. The van der Waals surface area contributed by atoms with Gasteiger partial charge < -0.3 is 14.7 Å². The van der Waals surface area contributed by atoms with Crippen LogP contribution in [0.5, 0.6) is 5.75 Å². The zero-order valence-corrected chi connectivity index (χ0v) is 16.7. The molecule has 0 spiro atoms. The minimum atomic E-state index is -4.51. The van der Waals surface area contributed by atoms with Crippen LogP contribution in [0.3, 0.4) is 0 Å². The number of nitrogens with zero attached hydrogens (tertiary/aromatic N) is 2. The molecule has 5 nitrogen and oxygen atoms in total. The highest BCUT2D eigenvalue weighted by Crippen LogP contribution is 2.28. The molecule has 31 heavy (non-hydrogen) atoms. The van der Waals surface area contributed by atoms with Crippen molar-refractivity contribution in [2.75, 3.05) is 18.6 Å². The Balaban J connectivity index is 1.84. The van der Waals surface area contributed by atoms with Crippen LogP contribution in [0.4, 0.5) is 18.9 Å². The van der Waals surface area contributed by atoms with Gasteiger partial charge in [0.05, 0.1) is 7.11 Å². The number of carbonyl (C=O) groups excluding carboxylic acids is 1. The molecule has 1 aromatic heterocycles. The summed E-state index contributed by atoms with van der Waals surface area (Å²) in [5.41, 5.74) is 0.496. The number of hydrogen-bond acceptors (Lipinski definition) is 4. The summed E-state index contributed by atoms with van der Waals surface area (Å²) in [6, 6.07) is 17.5. The molecule has 1 heterocycles. The van der Waals surface area contributed by atoms with Gasteiger partial charge in [0, 0.05) is 24.5 Å². The normalized spacial score (nSPS) is 12.3. The van der Waals surface area contributed by atoms with Crippen LogP contribution in [-0.2, 0) is 17.4 Å². The average Bonchev–Trinajstić information content (AvgIpc) is 2.79. The number of pyridine rings is 1. The van der Waals surface area contributed by atoms with E-state index >= 15 is 0 Å². The molecule has 0 aliphatic rings. The Hall–Kier alpha value is -3.39. The lowest BCUT2D eigenvalue weighted by Gasteiger charge is -2.26. The molecule has 0 fully saturated rings. The van der Waals surface area contributed by atoms with Crippen LogP contribution in [0.2, 0.25) is 0 Å². The Bertz CT molecular complexity index is 1010. The van der Waals surface area contributed by atoms with Crippen molar-refractivity contribution in [1.82, 2.24) is 4.98 Å². The number of rotatable bonds is 7. The van der Waals surface area contributed by atoms with Gasteiger partial charge in [-0.2, -0.15) is 13.2 Å². The van der Waals surface area contributed by atoms with Crippen molar-refractivity contribution in [3.05, 3.63) is 89.7 Å². The standard InChI is InChI=1S/C23H21F3N2O3/c1-31-19-9-5-8-18(14-19)28(22(30)21(29)17-6-3-2-4-7-17)13-12-16-10-11-20(27-15-16)23(24,25)26/h2-11,14-15,21,29H,12-13H2,1H3. The van der Waals surface area contributed by atoms with Crippen molar-refractivity contribution < 1.29 is 27.8 Å². The first-order valence-corrected chi connectivity index (χ1v) is 9.50. The number of ether oxygens (including phenoxy) is 1. The van der Waals surface area contributed by atoms with Gasteiger partial charge in [-0.05, 0) is 35.7 Å². The number of aliphatic hydroxyl groups excluding tert-OH is 1. The molecule has 0 saturated heterocycles. The number of benzene rings is 2. The number of aliphatic hydroxyl groups is 1. The van der Waals surface area contributed by atoms with Crippen LogP contribution >= 0.6 is 0 Å². The van der Waals surface area contributed by atoms with Gasteiger partial charge in [-0.1, -0.05) is 42.5 Å². The molecule has 8 heteroatoms. The predicted molar refractivity (Wildman–Crippen MR) is 110 cm³/mol. The first-order chi connectivity index (χ1) is 14.8. The quantitative estimate of drug-likeness (QED) is 0.603. The molecule has 0 aliphatic carbocycles. The molecule has 0 radical (unpaired) electrons. The van der Waals surface area contributed by atoms with Crippen LogP contribution < -0.4 is 9.64 Å². The van der Waals surface area contributed by atoms with Crippen LogP contribution in [0.1, 0.15) is 22.9 Å². The summed E-state index contributed by atoms with van der Waals surface area (Å²) in [5.74, 6) is -0.0278. The summed E-state index contributed by atoms with van der Waals surface area (Å²) in [5, 5.41) is 10.6. The van der Waals surface area contributed by atoms with Gasteiger partial charge in [0.25, 0.3) is 5.91 Å². The molecule has 2 aromatic carbocycles. The van der Waals surface area contributed by atoms with E-state index < -0.39 is 23.9 Å². The van der Waals surface area contributed by atoms with Crippen molar-refractivity contribution in [3.8, 4) is 5.75 Å². The van der Waals surface area contributed by atoms with Crippen LogP contribution in [0.25, 0.3) is 0 Å². The number of carbonyl (C=O) groups is 1. The van der Waals surface area contributed by atoms with E-state index in [-0.39, 0.29) is 13.0 Å². The first kappa shape index (κ1) is 22.3. The molecule has 162 valence electrons. The Morgan fingerprint density at radius 2 is 1.84 bits per heavy atom. The van der Waals surface area contributed by atoms with Crippen molar-refractivity contribution in [2.24, 2.45) is 0 Å². The lowest BCUT2D eigenvalue weighted by atomic mass is 10.1. The third-order valence-electron chi connectivity index (χ3n) is 4.72. The van der Waals surface area contributed by atoms with Crippen molar-refractivity contribution in [3.63, 3.8) is 0 Å². The van der Waals surface area contributed by atoms with E-state index in [4.69, 9.17) is 4.74 Å². The second kappa shape index (κ2) is 9.61. The molecular formula is C23H21F3N2O3.